The maximum absolute atomic E-state index is 13.3. The van der Waals surface area contributed by atoms with Crippen LogP contribution in [0.2, 0.25) is 0 Å². The number of aromatic nitrogens is 1. The summed E-state index contributed by atoms with van der Waals surface area (Å²) in [4.78, 5) is 15.1. The molecular weight excluding hydrogens is 400 g/mol. The van der Waals surface area contributed by atoms with Gasteiger partial charge in [-0.2, -0.15) is 0 Å². The molecule has 1 amide bonds. The van der Waals surface area contributed by atoms with Crippen LogP contribution in [0.1, 0.15) is 28.1 Å². The molecule has 5 heteroatoms. The monoisotopic (exact) mass is 426 g/mol. The average molecular weight is 427 g/mol. The molecule has 3 aromatic carbocycles. The van der Waals surface area contributed by atoms with Gasteiger partial charge in [-0.1, -0.05) is 65.8 Å². The first-order chi connectivity index (χ1) is 15.6. The molecule has 0 bridgehead atoms. The van der Waals surface area contributed by atoms with Gasteiger partial charge in [0.1, 0.15) is 18.1 Å². The van der Waals surface area contributed by atoms with Gasteiger partial charge in [0.25, 0.3) is 0 Å². The molecule has 1 aromatic heterocycles. The standard InChI is InChI=1S/C27H26N2O3/c1-20-26(21(2)32-28-20)17-27(30)29(24-11-7-4-8-12-24)18-22-13-15-25(16-14-22)31-19-23-9-5-3-6-10-23/h3-16H,17-19H2,1-2H3. The number of hydrogen-bond acceptors (Lipinski definition) is 4. The van der Waals surface area contributed by atoms with E-state index >= 15 is 0 Å². The first-order valence-electron chi connectivity index (χ1n) is 10.6. The molecule has 0 spiro atoms. The van der Waals surface area contributed by atoms with E-state index in [2.05, 4.69) is 5.16 Å². The molecule has 5 nitrogen and oxygen atoms in total. The second-order valence-electron chi connectivity index (χ2n) is 7.71. The fourth-order valence-corrected chi connectivity index (χ4v) is 3.55. The molecule has 0 unspecified atom stereocenters. The SMILES string of the molecule is Cc1noc(C)c1CC(=O)N(Cc1ccc(OCc2ccccc2)cc1)c1ccccc1. The molecule has 162 valence electrons. The molecule has 32 heavy (non-hydrogen) atoms. The normalized spacial score (nSPS) is 10.7. The number of hydrogen-bond donors (Lipinski definition) is 0. The molecule has 0 saturated carbocycles. The Balaban J connectivity index is 1.48. The number of ether oxygens (including phenoxy) is 1. The van der Waals surface area contributed by atoms with Crippen LogP contribution in [0.15, 0.2) is 89.5 Å². The number of amides is 1. The van der Waals surface area contributed by atoms with Crippen molar-refractivity contribution in [1.29, 1.82) is 0 Å². The lowest BCUT2D eigenvalue weighted by atomic mass is 10.1. The van der Waals surface area contributed by atoms with Crippen LogP contribution in [0, 0.1) is 13.8 Å². The van der Waals surface area contributed by atoms with E-state index in [4.69, 9.17) is 9.26 Å². The highest BCUT2D eigenvalue weighted by Gasteiger charge is 2.20. The highest BCUT2D eigenvalue weighted by Crippen LogP contribution is 2.22. The van der Waals surface area contributed by atoms with Gasteiger partial charge in [-0.05, 0) is 49.2 Å². The Hall–Kier alpha value is -3.86. The summed E-state index contributed by atoms with van der Waals surface area (Å²) in [7, 11) is 0. The molecule has 0 aliphatic rings. The third kappa shape index (κ3) is 5.24. The van der Waals surface area contributed by atoms with Gasteiger partial charge in [-0.3, -0.25) is 4.79 Å². The molecule has 0 aliphatic heterocycles. The zero-order chi connectivity index (χ0) is 22.3. The summed E-state index contributed by atoms with van der Waals surface area (Å²) in [6.45, 7) is 4.68. The van der Waals surface area contributed by atoms with Crippen LogP contribution in [0.4, 0.5) is 5.69 Å². The second kappa shape index (κ2) is 9.96. The van der Waals surface area contributed by atoms with Crippen molar-refractivity contribution in [1.82, 2.24) is 5.16 Å². The number of anilines is 1. The number of carbonyl (C=O) groups excluding carboxylic acids is 1. The smallest absolute Gasteiger partial charge is 0.231 e. The Bertz CT molecular complexity index is 1130. The van der Waals surface area contributed by atoms with Gasteiger partial charge >= 0.3 is 0 Å². The average Bonchev–Trinajstić information content (AvgIpc) is 3.15. The van der Waals surface area contributed by atoms with Crippen LogP contribution in [0.3, 0.4) is 0 Å². The van der Waals surface area contributed by atoms with Crippen LogP contribution in [0.25, 0.3) is 0 Å². The van der Waals surface area contributed by atoms with Crippen molar-refractivity contribution in [3.8, 4) is 5.75 Å². The fourth-order valence-electron chi connectivity index (χ4n) is 3.55. The number of nitrogens with zero attached hydrogens (tertiary/aromatic N) is 2. The summed E-state index contributed by atoms with van der Waals surface area (Å²) in [5.41, 5.74) is 4.60. The van der Waals surface area contributed by atoms with E-state index in [0.717, 1.165) is 33.8 Å². The minimum absolute atomic E-state index is 0.00463. The number of benzene rings is 3. The van der Waals surface area contributed by atoms with Crippen LogP contribution >= 0.6 is 0 Å². The Morgan fingerprint density at radius 2 is 1.53 bits per heavy atom. The molecule has 4 rings (SSSR count). The van der Waals surface area contributed by atoms with Gasteiger partial charge in [0.15, 0.2) is 0 Å². The lowest BCUT2D eigenvalue weighted by Crippen LogP contribution is -2.32. The summed E-state index contributed by atoms with van der Waals surface area (Å²) in [5.74, 6) is 1.48. The highest BCUT2D eigenvalue weighted by atomic mass is 16.5. The van der Waals surface area contributed by atoms with Crippen molar-refractivity contribution < 1.29 is 14.1 Å². The molecule has 0 fully saturated rings. The molecular formula is C27H26N2O3. The first-order valence-corrected chi connectivity index (χ1v) is 10.6. The number of para-hydroxylation sites is 1. The number of rotatable bonds is 8. The van der Waals surface area contributed by atoms with E-state index in [1.54, 1.807) is 4.90 Å². The zero-order valence-corrected chi connectivity index (χ0v) is 18.3. The van der Waals surface area contributed by atoms with Gasteiger partial charge in [0, 0.05) is 11.3 Å². The van der Waals surface area contributed by atoms with Gasteiger partial charge in [0.2, 0.25) is 5.91 Å². The quantitative estimate of drug-likeness (QED) is 0.366. The molecule has 0 saturated heterocycles. The van der Waals surface area contributed by atoms with E-state index in [1.165, 1.54) is 0 Å². The summed E-state index contributed by atoms with van der Waals surface area (Å²) in [6.07, 6.45) is 0.244. The maximum atomic E-state index is 13.3. The van der Waals surface area contributed by atoms with Crippen LogP contribution in [-0.2, 0) is 24.4 Å². The summed E-state index contributed by atoms with van der Waals surface area (Å²) in [6, 6.07) is 27.7. The van der Waals surface area contributed by atoms with Crippen molar-refractivity contribution in [3.63, 3.8) is 0 Å². The zero-order valence-electron chi connectivity index (χ0n) is 18.3. The summed E-state index contributed by atoms with van der Waals surface area (Å²) in [5, 5.41) is 3.97. The molecule has 0 atom stereocenters. The van der Waals surface area contributed by atoms with Crippen molar-refractivity contribution >= 4 is 11.6 Å². The highest BCUT2D eigenvalue weighted by molar-refractivity contribution is 5.94. The van der Waals surface area contributed by atoms with Gasteiger partial charge < -0.3 is 14.2 Å². The van der Waals surface area contributed by atoms with Crippen LogP contribution in [0.5, 0.6) is 5.75 Å². The van der Waals surface area contributed by atoms with E-state index in [9.17, 15) is 4.79 Å². The molecule has 4 aromatic rings. The largest absolute Gasteiger partial charge is 0.489 e. The fraction of sp³-hybridized carbons (Fsp3) is 0.185. The summed E-state index contributed by atoms with van der Waals surface area (Å²) < 4.78 is 11.1. The van der Waals surface area contributed by atoms with Crippen molar-refractivity contribution in [2.45, 2.75) is 33.4 Å². The predicted octanol–water partition coefficient (Wildman–Crippen LogP) is 5.65. The van der Waals surface area contributed by atoms with Crippen molar-refractivity contribution in [2.24, 2.45) is 0 Å². The Morgan fingerprint density at radius 3 is 2.16 bits per heavy atom. The van der Waals surface area contributed by atoms with Gasteiger partial charge in [0.05, 0.1) is 18.7 Å². The number of carbonyl (C=O) groups is 1. The van der Waals surface area contributed by atoms with Crippen LogP contribution < -0.4 is 9.64 Å². The Labute approximate surface area is 188 Å². The molecule has 0 aliphatic carbocycles. The van der Waals surface area contributed by atoms with Crippen molar-refractivity contribution in [2.75, 3.05) is 4.90 Å². The first kappa shape index (κ1) is 21.4. The van der Waals surface area contributed by atoms with E-state index < -0.39 is 0 Å². The second-order valence-corrected chi connectivity index (χ2v) is 7.71. The third-order valence-corrected chi connectivity index (χ3v) is 5.39. The minimum Gasteiger partial charge on any atom is -0.489 e. The summed E-state index contributed by atoms with van der Waals surface area (Å²) >= 11 is 0. The van der Waals surface area contributed by atoms with Gasteiger partial charge in [-0.15, -0.1) is 0 Å². The van der Waals surface area contributed by atoms with E-state index in [0.29, 0.717) is 18.9 Å². The van der Waals surface area contributed by atoms with Crippen LogP contribution in [-0.4, -0.2) is 11.1 Å². The van der Waals surface area contributed by atoms with E-state index in [-0.39, 0.29) is 12.3 Å². The predicted molar refractivity (Wildman–Crippen MR) is 125 cm³/mol. The van der Waals surface area contributed by atoms with E-state index in [1.807, 2.05) is 98.8 Å². The third-order valence-electron chi connectivity index (χ3n) is 5.39. The lowest BCUT2D eigenvalue weighted by molar-refractivity contribution is -0.118. The van der Waals surface area contributed by atoms with Crippen molar-refractivity contribution in [3.05, 3.63) is 113 Å². The molecule has 1 heterocycles. The Morgan fingerprint density at radius 1 is 0.875 bits per heavy atom. The Kier molecular flexibility index (Phi) is 6.66. The number of aryl methyl sites for hydroxylation is 2. The molecule has 0 N–H and O–H groups in total. The minimum atomic E-state index is -0.00463. The topological polar surface area (TPSA) is 55.6 Å². The molecule has 0 radical (unpaired) electrons. The van der Waals surface area contributed by atoms with Gasteiger partial charge in [-0.25, -0.2) is 0 Å². The maximum Gasteiger partial charge on any atom is 0.231 e. The lowest BCUT2D eigenvalue weighted by Gasteiger charge is -2.23.